The molecule has 2 aromatic rings. The number of nitrogens with two attached hydrogens (primary N) is 1. The van der Waals surface area contributed by atoms with Gasteiger partial charge in [0.2, 0.25) is 0 Å². The third kappa shape index (κ3) is 3.15. The highest BCUT2D eigenvalue weighted by molar-refractivity contribution is 5.35. The van der Waals surface area contributed by atoms with Gasteiger partial charge in [0.1, 0.15) is 5.75 Å². The molecule has 19 heavy (non-hydrogen) atoms. The Labute approximate surface area is 115 Å². The summed E-state index contributed by atoms with van der Waals surface area (Å²) < 4.78 is 5.17. The Hall–Kier alpha value is -1.80. The fraction of sp³-hybridized carbons (Fsp3) is 0.294. The molecule has 2 rings (SSSR count). The van der Waals surface area contributed by atoms with Gasteiger partial charge < -0.3 is 10.5 Å². The van der Waals surface area contributed by atoms with Crippen LogP contribution < -0.4 is 10.5 Å². The molecule has 2 N–H and O–H groups in total. The molecule has 0 spiro atoms. The van der Waals surface area contributed by atoms with Crippen molar-refractivity contribution in [3.8, 4) is 5.75 Å². The quantitative estimate of drug-likeness (QED) is 0.908. The van der Waals surface area contributed by atoms with Gasteiger partial charge in [0.25, 0.3) is 0 Å². The fourth-order valence-corrected chi connectivity index (χ4v) is 2.48. The minimum atomic E-state index is -0.361. The van der Waals surface area contributed by atoms with Gasteiger partial charge >= 0.3 is 0 Å². The van der Waals surface area contributed by atoms with E-state index in [1.54, 1.807) is 7.11 Å². The number of methoxy groups -OCH3 is 1. The molecule has 2 aromatic carbocycles. The van der Waals surface area contributed by atoms with Crippen molar-refractivity contribution in [3.05, 3.63) is 65.2 Å². The average Bonchev–Trinajstić information content (AvgIpc) is 2.39. The molecule has 1 unspecified atom stereocenters. The zero-order chi connectivity index (χ0) is 13.9. The van der Waals surface area contributed by atoms with Gasteiger partial charge in [0.05, 0.1) is 7.11 Å². The molecule has 0 aliphatic rings. The smallest absolute Gasteiger partial charge is 0.118 e. The Morgan fingerprint density at radius 2 is 1.68 bits per heavy atom. The van der Waals surface area contributed by atoms with Crippen LogP contribution in [0.4, 0.5) is 0 Å². The molecule has 0 aliphatic heterocycles. The highest BCUT2D eigenvalue weighted by Crippen LogP contribution is 2.26. The van der Waals surface area contributed by atoms with Crippen molar-refractivity contribution in [1.82, 2.24) is 0 Å². The van der Waals surface area contributed by atoms with Crippen molar-refractivity contribution in [2.24, 2.45) is 5.73 Å². The number of benzene rings is 2. The van der Waals surface area contributed by atoms with E-state index < -0.39 is 0 Å². The lowest BCUT2D eigenvalue weighted by atomic mass is 9.84. The van der Waals surface area contributed by atoms with E-state index >= 15 is 0 Å². The number of hydrogen-bond donors (Lipinski definition) is 1. The van der Waals surface area contributed by atoms with Gasteiger partial charge in [-0.25, -0.2) is 0 Å². The van der Waals surface area contributed by atoms with E-state index in [2.05, 4.69) is 38.1 Å². The van der Waals surface area contributed by atoms with Crippen LogP contribution in [-0.4, -0.2) is 7.11 Å². The minimum absolute atomic E-state index is 0.361. The molecular formula is C17H21NO. The van der Waals surface area contributed by atoms with E-state index in [1.165, 1.54) is 16.7 Å². The van der Waals surface area contributed by atoms with Crippen molar-refractivity contribution in [2.45, 2.75) is 25.8 Å². The monoisotopic (exact) mass is 255 g/mol. The SMILES string of the molecule is COc1ccc(CC(C)(N)c2ccccc2C)cc1. The van der Waals surface area contributed by atoms with Crippen molar-refractivity contribution in [3.63, 3.8) is 0 Å². The van der Waals surface area contributed by atoms with E-state index in [1.807, 2.05) is 24.3 Å². The molecule has 2 heteroatoms. The van der Waals surface area contributed by atoms with Gasteiger partial charge in [0, 0.05) is 5.54 Å². The molecule has 2 nitrogen and oxygen atoms in total. The maximum absolute atomic E-state index is 6.51. The van der Waals surface area contributed by atoms with Crippen molar-refractivity contribution in [1.29, 1.82) is 0 Å². The van der Waals surface area contributed by atoms with E-state index in [0.29, 0.717) is 0 Å². The average molecular weight is 255 g/mol. The molecule has 0 aromatic heterocycles. The summed E-state index contributed by atoms with van der Waals surface area (Å²) in [6.45, 7) is 4.19. The van der Waals surface area contributed by atoms with Gasteiger partial charge in [-0.1, -0.05) is 36.4 Å². The first-order chi connectivity index (χ1) is 9.03. The summed E-state index contributed by atoms with van der Waals surface area (Å²) in [6.07, 6.45) is 0.807. The van der Waals surface area contributed by atoms with Crippen LogP contribution in [0.2, 0.25) is 0 Å². The molecule has 0 fully saturated rings. The second-order valence-corrected chi connectivity index (χ2v) is 5.26. The third-order valence-electron chi connectivity index (χ3n) is 3.49. The summed E-state index contributed by atoms with van der Waals surface area (Å²) in [5.74, 6) is 0.873. The summed E-state index contributed by atoms with van der Waals surface area (Å²) in [5, 5.41) is 0. The molecule has 0 amide bonds. The van der Waals surface area contributed by atoms with E-state index in [0.717, 1.165) is 12.2 Å². The summed E-state index contributed by atoms with van der Waals surface area (Å²) in [5.41, 5.74) is 9.80. The lowest BCUT2D eigenvalue weighted by Crippen LogP contribution is -2.36. The van der Waals surface area contributed by atoms with Crippen LogP contribution in [0.5, 0.6) is 5.75 Å². The summed E-state index contributed by atoms with van der Waals surface area (Å²) >= 11 is 0. The van der Waals surface area contributed by atoms with Crippen LogP contribution in [0.25, 0.3) is 0 Å². The Morgan fingerprint density at radius 3 is 2.26 bits per heavy atom. The standard InChI is InChI=1S/C17H21NO/c1-13-6-4-5-7-16(13)17(2,18)12-14-8-10-15(19-3)11-9-14/h4-11H,12,18H2,1-3H3. The van der Waals surface area contributed by atoms with Crippen molar-refractivity contribution >= 4 is 0 Å². The fourth-order valence-electron chi connectivity index (χ4n) is 2.48. The van der Waals surface area contributed by atoms with Gasteiger partial charge in [-0.2, -0.15) is 0 Å². The van der Waals surface area contributed by atoms with E-state index in [-0.39, 0.29) is 5.54 Å². The second-order valence-electron chi connectivity index (χ2n) is 5.26. The summed E-state index contributed by atoms with van der Waals surface area (Å²) in [7, 11) is 1.68. The maximum atomic E-state index is 6.51. The van der Waals surface area contributed by atoms with Crippen LogP contribution in [0.3, 0.4) is 0 Å². The Morgan fingerprint density at radius 1 is 1.05 bits per heavy atom. The summed E-state index contributed by atoms with van der Waals surface area (Å²) in [4.78, 5) is 0. The molecule has 0 saturated heterocycles. The first-order valence-electron chi connectivity index (χ1n) is 6.51. The number of hydrogen-bond acceptors (Lipinski definition) is 2. The largest absolute Gasteiger partial charge is 0.497 e. The zero-order valence-corrected chi connectivity index (χ0v) is 11.8. The first-order valence-corrected chi connectivity index (χ1v) is 6.51. The van der Waals surface area contributed by atoms with Crippen LogP contribution in [0, 0.1) is 6.92 Å². The Kier molecular flexibility index (Phi) is 3.91. The predicted molar refractivity (Wildman–Crippen MR) is 79.4 cm³/mol. The zero-order valence-electron chi connectivity index (χ0n) is 11.8. The highest BCUT2D eigenvalue weighted by Gasteiger charge is 2.23. The van der Waals surface area contributed by atoms with Gasteiger partial charge in [-0.15, -0.1) is 0 Å². The Balaban J connectivity index is 2.23. The normalized spacial score (nSPS) is 13.9. The van der Waals surface area contributed by atoms with E-state index in [4.69, 9.17) is 10.5 Å². The van der Waals surface area contributed by atoms with Crippen molar-refractivity contribution in [2.75, 3.05) is 7.11 Å². The second kappa shape index (κ2) is 5.45. The topological polar surface area (TPSA) is 35.2 Å². The Bertz CT molecular complexity index is 543. The van der Waals surface area contributed by atoms with Crippen LogP contribution >= 0.6 is 0 Å². The molecule has 0 bridgehead atoms. The van der Waals surface area contributed by atoms with Gasteiger partial charge in [-0.05, 0) is 49.1 Å². The lowest BCUT2D eigenvalue weighted by Gasteiger charge is -2.27. The molecule has 0 heterocycles. The maximum Gasteiger partial charge on any atom is 0.118 e. The first kappa shape index (κ1) is 13.6. The number of rotatable bonds is 4. The molecule has 0 aliphatic carbocycles. The van der Waals surface area contributed by atoms with Crippen LogP contribution in [0.1, 0.15) is 23.6 Å². The number of ether oxygens (including phenoxy) is 1. The molecule has 1 atom stereocenters. The predicted octanol–water partition coefficient (Wildman–Crippen LogP) is 3.42. The van der Waals surface area contributed by atoms with E-state index in [9.17, 15) is 0 Å². The molecular weight excluding hydrogens is 234 g/mol. The van der Waals surface area contributed by atoms with Gasteiger partial charge in [-0.3, -0.25) is 0 Å². The number of aryl methyl sites for hydroxylation is 1. The molecule has 0 saturated carbocycles. The molecule has 100 valence electrons. The van der Waals surface area contributed by atoms with Crippen LogP contribution in [-0.2, 0) is 12.0 Å². The van der Waals surface area contributed by atoms with Crippen LogP contribution in [0.15, 0.2) is 48.5 Å². The molecule has 0 radical (unpaired) electrons. The highest BCUT2D eigenvalue weighted by atomic mass is 16.5. The van der Waals surface area contributed by atoms with Gasteiger partial charge in [0.15, 0.2) is 0 Å². The summed E-state index contributed by atoms with van der Waals surface area (Å²) in [6, 6.07) is 16.4. The van der Waals surface area contributed by atoms with Crippen molar-refractivity contribution < 1.29 is 4.74 Å². The lowest BCUT2D eigenvalue weighted by molar-refractivity contribution is 0.414. The minimum Gasteiger partial charge on any atom is -0.497 e. The third-order valence-corrected chi connectivity index (χ3v) is 3.49.